The lowest BCUT2D eigenvalue weighted by atomic mass is 9.96. The maximum atomic E-state index is 13.1. The molecule has 0 heterocycles. The fourth-order valence-corrected chi connectivity index (χ4v) is 3.81. The molecule has 1 aliphatic carbocycles. The summed E-state index contributed by atoms with van der Waals surface area (Å²) in [6.45, 7) is 10.9. The molecule has 2 rings (SSSR count). The average Bonchev–Trinajstić information content (AvgIpc) is 3.21. The van der Waals surface area contributed by atoms with E-state index in [1.54, 1.807) is 45.9 Å². The van der Waals surface area contributed by atoms with E-state index in [-0.39, 0.29) is 12.5 Å². The van der Waals surface area contributed by atoms with Crippen molar-refractivity contribution >= 4 is 17.6 Å². The van der Waals surface area contributed by atoms with Crippen LogP contribution in [0.1, 0.15) is 64.5 Å². The van der Waals surface area contributed by atoms with Crippen LogP contribution in [0.25, 0.3) is 5.57 Å². The number of carbonyl (C=O) groups is 2. The Morgan fingerprint density at radius 3 is 2.35 bits per heavy atom. The van der Waals surface area contributed by atoms with Gasteiger partial charge in [0, 0.05) is 6.54 Å². The van der Waals surface area contributed by atoms with E-state index < -0.39 is 29.0 Å². The lowest BCUT2D eigenvalue weighted by molar-refractivity contribution is -0.137. The Morgan fingerprint density at radius 2 is 1.82 bits per heavy atom. The topological polar surface area (TPSA) is 67.4 Å². The molecule has 5 nitrogen and oxygen atoms in total. The van der Waals surface area contributed by atoms with E-state index in [1.807, 2.05) is 0 Å². The Morgan fingerprint density at radius 1 is 1.18 bits per heavy atom. The first-order chi connectivity index (χ1) is 15.8. The summed E-state index contributed by atoms with van der Waals surface area (Å²) in [4.78, 5) is 25.4. The summed E-state index contributed by atoms with van der Waals surface area (Å²) in [5, 5.41) is 5.62. The zero-order valence-electron chi connectivity index (χ0n) is 20.1. The Hall–Kier alpha value is -3.03. The second-order valence-corrected chi connectivity index (χ2v) is 9.34. The third-order valence-corrected chi connectivity index (χ3v) is 5.54. The number of benzene rings is 1. The monoisotopic (exact) mass is 478 g/mol. The molecule has 0 radical (unpaired) electrons. The van der Waals surface area contributed by atoms with Crippen molar-refractivity contribution in [2.75, 3.05) is 6.54 Å². The van der Waals surface area contributed by atoms with Gasteiger partial charge in [-0.2, -0.15) is 13.2 Å². The number of alkyl halides is 3. The predicted octanol–water partition coefficient (Wildman–Crippen LogP) is 6.17. The number of ether oxygens (including phenoxy) is 1. The summed E-state index contributed by atoms with van der Waals surface area (Å²) < 4.78 is 44.6. The van der Waals surface area contributed by atoms with Crippen LogP contribution in [0, 0.1) is 0 Å². The smallest absolute Gasteiger partial charge is 0.416 e. The van der Waals surface area contributed by atoms with Gasteiger partial charge in [-0.15, -0.1) is 0 Å². The van der Waals surface area contributed by atoms with Crippen LogP contribution in [0.3, 0.4) is 0 Å². The van der Waals surface area contributed by atoms with Crippen molar-refractivity contribution in [1.29, 1.82) is 0 Å². The summed E-state index contributed by atoms with van der Waals surface area (Å²) in [6.07, 6.45) is 2.44. The normalized spacial score (nSPS) is 16.7. The van der Waals surface area contributed by atoms with Crippen molar-refractivity contribution in [2.45, 2.75) is 70.7 Å². The standard InChI is InChI=1S/C26H33F3N2O3/c1-6-18(15-19(7-2)20-11-10-12-21(16-20)26(27,28)29)17-30-22(32)25(13-8-9-14-25)31-23(33)34-24(3,4)5/h6-7,10-12,15-16H,2,8-9,13-14,17H2,1,3-5H3,(H,30,32)(H,31,33)/b18-6+,19-15+. The molecular formula is C26H33F3N2O3. The number of carbonyl (C=O) groups excluding carboxylic acids is 2. The highest BCUT2D eigenvalue weighted by molar-refractivity contribution is 5.90. The van der Waals surface area contributed by atoms with Gasteiger partial charge >= 0.3 is 12.3 Å². The van der Waals surface area contributed by atoms with Crippen LogP contribution in [-0.2, 0) is 15.7 Å². The second kappa shape index (κ2) is 10.9. The van der Waals surface area contributed by atoms with Crippen LogP contribution in [-0.4, -0.2) is 29.7 Å². The number of nitrogens with one attached hydrogen (secondary N) is 2. The van der Waals surface area contributed by atoms with Gasteiger partial charge in [0.2, 0.25) is 5.91 Å². The largest absolute Gasteiger partial charge is 0.444 e. The van der Waals surface area contributed by atoms with E-state index in [0.717, 1.165) is 25.0 Å². The lowest BCUT2D eigenvalue weighted by Crippen LogP contribution is -2.58. The van der Waals surface area contributed by atoms with Crippen molar-refractivity contribution in [3.63, 3.8) is 0 Å². The zero-order valence-corrected chi connectivity index (χ0v) is 20.1. The second-order valence-electron chi connectivity index (χ2n) is 9.34. The molecule has 0 saturated heterocycles. The summed E-state index contributed by atoms with van der Waals surface area (Å²) in [7, 11) is 0. The molecule has 0 spiro atoms. The van der Waals surface area contributed by atoms with Crippen LogP contribution >= 0.6 is 0 Å². The van der Waals surface area contributed by atoms with Crippen LogP contribution in [0.4, 0.5) is 18.0 Å². The van der Waals surface area contributed by atoms with Crippen LogP contribution < -0.4 is 10.6 Å². The maximum absolute atomic E-state index is 13.1. The van der Waals surface area contributed by atoms with E-state index in [2.05, 4.69) is 17.2 Å². The number of allylic oxidation sites excluding steroid dienone is 3. The number of rotatable bonds is 7. The van der Waals surface area contributed by atoms with Crippen molar-refractivity contribution < 1.29 is 27.5 Å². The van der Waals surface area contributed by atoms with E-state index in [9.17, 15) is 22.8 Å². The Kier molecular flexibility index (Phi) is 8.75. The summed E-state index contributed by atoms with van der Waals surface area (Å²) in [6, 6.07) is 5.00. The molecule has 0 bridgehead atoms. The van der Waals surface area contributed by atoms with Crippen molar-refractivity contribution in [1.82, 2.24) is 10.6 Å². The van der Waals surface area contributed by atoms with Gasteiger partial charge in [0.05, 0.1) is 5.56 Å². The molecule has 1 aromatic rings. The fourth-order valence-electron chi connectivity index (χ4n) is 3.81. The SMILES string of the molecule is C=C/C(=C\C(=C/C)CNC(=O)C1(NC(=O)OC(C)(C)C)CCCC1)c1cccc(C(F)(F)F)c1. The first kappa shape index (κ1) is 27.2. The molecule has 1 saturated carbocycles. The van der Waals surface area contributed by atoms with Crippen LogP contribution in [0.2, 0.25) is 0 Å². The molecule has 2 N–H and O–H groups in total. The molecule has 1 aromatic carbocycles. The zero-order chi connectivity index (χ0) is 25.6. The van der Waals surface area contributed by atoms with Gasteiger partial charge in [-0.05, 0) is 75.5 Å². The molecule has 8 heteroatoms. The third kappa shape index (κ3) is 7.50. The molecule has 186 valence electrons. The van der Waals surface area contributed by atoms with Crippen molar-refractivity contribution in [3.8, 4) is 0 Å². The Balaban J connectivity index is 2.15. The predicted molar refractivity (Wildman–Crippen MR) is 127 cm³/mol. The number of hydrogen-bond donors (Lipinski definition) is 2. The Bertz CT molecular complexity index is 966. The number of alkyl carbamates (subject to hydrolysis) is 1. The van der Waals surface area contributed by atoms with E-state index in [4.69, 9.17) is 4.74 Å². The van der Waals surface area contributed by atoms with E-state index in [0.29, 0.717) is 29.6 Å². The average molecular weight is 479 g/mol. The number of hydrogen-bond acceptors (Lipinski definition) is 3. The maximum Gasteiger partial charge on any atom is 0.416 e. The van der Waals surface area contributed by atoms with E-state index in [1.165, 1.54) is 12.1 Å². The highest BCUT2D eigenvalue weighted by Crippen LogP contribution is 2.32. The van der Waals surface area contributed by atoms with E-state index >= 15 is 0 Å². The van der Waals surface area contributed by atoms with Gasteiger partial charge in [0.1, 0.15) is 11.1 Å². The molecule has 0 aliphatic heterocycles. The summed E-state index contributed by atoms with van der Waals surface area (Å²) >= 11 is 0. The Labute approximate surface area is 199 Å². The molecule has 1 fully saturated rings. The summed E-state index contributed by atoms with van der Waals surface area (Å²) in [5.74, 6) is -0.317. The van der Waals surface area contributed by atoms with Crippen molar-refractivity contribution in [3.05, 3.63) is 65.8 Å². The third-order valence-electron chi connectivity index (χ3n) is 5.54. The molecular weight excluding hydrogens is 445 g/mol. The van der Waals surface area contributed by atoms with Crippen LogP contribution in [0.5, 0.6) is 0 Å². The minimum atomic E-state index is -4.45. The van der Waals surface area contributed by atoms with Gasteiger partial charge in [0.15, 0.2) is 0 Å². The van der Waals surface area contributed by atoms with Gasteiger partial charge in [-0.3, -0.25) is 4.79 Å². The highest BCUT2D eigenvalue weighted by Gasteiger charge is 2.43. The molecule has 34 heavy (non-hydrogen) atoms. The quantitative estimate of drug-likeness (QED) is 0.460. The fraction of sp³-hybridized carbons (Fsp3) is 0.462. The van der Waals surface area contributed by atoms with Gasteiger partial charge in [-0.25, -0.2) is 4.79 Å². The molecule has 2 amide bonds. The minimum Gasteiger partial charge on any atom is -0.444 e. The lowest BCUT2D eigenvalue weighted by Gasteiger charge is -2.30. The summed E-state index contributed by atoms with van der Waals surface area (Å²) in [5.41, 5.74) is -0.929. The van der Waals surface area contributed by atoms with Gasteiger partial charge in [0.25, 0.3) is 0 Å². The van der Waals surface area contributed by atoms with Gasteiger partial charge in [-0.1, -0.05) is 43.7 Å². The number of amides is 2. The first-order valence-electron chi connectivity index (χ1n) is 11.3. The molecule has 0 aromatic heterocycles. The van der Waals surface area contributed by atoms with Crippen LogP contribution in [0.15, 0.2) is 54.6 Å². The first-order valence-corrected chi connectivity index (χ1v) is 11.3. The van der Waals surface area contributed by atoms with Crippen molar-refractivity contribution in [2.24, 2.45) is 0 Å². The molecule has 0 atom stereocenters. The number of halogens is 3. The minimum absolute atomic E-state index is 0.142. The molecule has 1 aliphatic rings. The molecule has 0 unspecified atom stereocenters. The van der Waals surface area contributed by atoms with Gasteiger partial charge < -0.3 is 15.4 Å². The highest BCUT2D eigenvalue weighted by atomic mass is 19.4.